The molecule has 0 spiro atoms. The summed E-state index contributed by atoms with van der Waals surface area (Å²) in [5, 5.41) is 7.58. The zero-order chi connectivity index (χ0) is 19.0. The fourth-order valence-corrected chi connectivity index (χ4v) is 5.19. The van der Waals surface area contributed by atoms with Crippen LogP contribution in [-0.4, -0.2) is 44.8 Å². The first-order chi connectivity index (χ1) is 13.1. The van der Waals surface area contributed by atoms with Gasteiger partial charge in [0.1, 0.15) is 23.2 Å². The van der Waals surface area contributed by atoms with E-state index in [1.165, 1.54) is 7.11 Å². The predicted molar refractivity (Wildman–Crippen MR) is 102 cm³/mol. The number of ether oxygens (including phenoxy) is 1. The number of nitrogens with one attached hydrogen (secondary N) is 1. The van der Waals surface area contributed by atoms with Gasteiger partial charge in [-0.15, -0.1) is 0 Å². The smallest absolute Gasteiger partial charge is 0.337 e. The van der Waals surface area contributed by atoms with Crippen molar-refractivity contribution >= 4 is 28.7 Å². The number of hydrogen-bond donors (Lipinski definition) is 1. The van der Waals surface area contributed by atoms with E-state index in [4.69, 9.17) is 0 Å². The lowest BCUT2D eigenvalue weighted by molar-refractivity contribution is 0.0600. The van der Waals surface area contributed by atoms with Crippen LogP contribution in [0.2, 0.25) is 0 Å². The summed E-state index contributed by atoms with van der Waals surface area (Å²) in [5.74, 6) is 0.576. The molecule has 2 heterocycles. The highest BCUT2D eigenvalue weighted by Gasteiger charge is 2.35. The van der Waals surface area contributed by atoms with Crippen LogP contribution in [0, 0.1) is 0 Å². The summed E-state index contributed by atoms with van der Waals surface area (Å²) >= 11 is -0.839. The largest absolute Gasteiger partial charge is 0.616 e. The van der Waals surface area contributed by atoms with E-state index in [9.17, 15) is 14.1 Å². The molecule has 1 N–H and O–H groups in total. The summed E-state index contributed by atoms with van der Waals surface area (Å²) in [6.07, 6.45) is 3.51. The van der Waals surface area contributed by atoms with E-state index < -0.39 is 17.1 Å². The molecule has 2 aromatic rings. The summed E-state index contributed by atoms with van der Waals surface area (Å²) in [7, 11) is 1.33. The van der Waals surface area contributed by atoms with Gasteiger partial charge in [0.15, 0.2) is 0 Å². The van der Waals surface area contributed by atoms with E-state index in [0.717, 1.165) is 36.9 Å². The van der Waals surface area contributed by atoms with Crippen LogP contribution in [0.1, 0.15) is 51.0 Å². The molecular weight excluding hydrogens is 366 g/mol. The van der Waals surface area contributed by atoms with Gasteiger partial charge in [-0.1, -0.05) is 11.2 Å². The second-order valence-electron chi connectivity index (χ2n) is 6.85. The molecule has 1 aliphatic carbocycles. The Labute approximate surface area is 160 Å². The highest BCUT2D eigenvalue weighted by Crippen LogP contribution is 2.31. The topological polar surface area (TPSA) is 96.3 Å². The van der Waals surface area contributed by atoms with Crippen LogP contribution >= 0.6 is 0 Å². The molecule has 1 aromatic heterocycles. The Bertz CT molecular complexity index is 878. The van der Waals surface area contributed by atoms with Gasteiger partial charge in [0, 0.05) is 17.7 Å². The lowest BCUT2D eigenvalue weighted by atomic mass is 10.1. The molecule has 0 saturated carbocycles. The summed E-state index contributed by atoms with van der Waals surface area (Å²) in [4.78, 5) is 24.6. The van der Waals surface area contributed by atoms with Gasteiger partial charge in [-0.25, -0.2) is 4.79 Å². The number of aryl methyl sites for hydroxylation is 1. The predicted octanol–water partition coefficient (Wildman–Crippen LogP) is 2.10. The van der Waals surface area contributed by atoms with Crippen molar-refractivity contribution in [3.8, 4) is 0 Å². The first kappa shape index (κ1) is 18.1. The Morgan fingerprint density at radius 3 is 2.74 bits per heavy atom. The van der Waals surface area contributed by atoms with Gasteiger partial charge in [-0.05, 0) is 43.5 Å². The number of carbonyl (C=O) groups is 2. The van der Waals surface area contributed by atoms with Crippen molar-refractivity contribution in [1.82, 2.24) is 9.78 Å². The van der Waals surface area contributed by atoms with Gasteiger partial charge < -0.3 is 14.6 Å². The third kappa shape index (κ3) is 3.46. The Balaban J connectivity index is 1.59. The molecule has 1 saturated heterocycles. The second-order valence-corrected chi connectivity index (χ2v) is 8.47. The lowest BCUT2D eigenvalue weighted by Crippen LogP contribution is -2.23. The number of benzene rings is 1. The van der Waals surface area contributed by atoms with Crippen LogP contribution in [0.25, 0.3) is 0 Å². The summed E-state index contributed by atoms with van der Waals surface area (Å²) < 4.78 is 18.3. The number of rotatable bonds is 4. The van der Waals surface area contributed by atoms with Crippen molar-refractivity contribution in [1.29, 1.82) is 0 Å². The number of fused-ring (bicyclic) bond motifs is 1. The lowest BCUT2D eigenvalue weighted by Gasteiger charge is -2.14. The quantitative estimate of drug-likeness (QED) is 0.640. The zero-order valence-corrected chi connectivity index (χ0v) is 15.9. The second kappa shape index (κ2) is 7.36. The molecule has 7 nitrogen and oxygen atoms in total. The van der Waals surface area contributed by atoms with Gasteiger partial charge in [-0.2, -0.15) is 5.10 Å². The van der Waals surface area contributed by atoms with Crippen molar-refractivity contribution in [2.45, 2.75) is 31.7 Å². The standard InChI is InChI=1S/C19H21N3O4S/c1-26-19(24)12-5-7-13(8-6-12)20-18(23)17-15-3-2-4-16(15)21-22(17)14-9-10-27(25)11-14/h5-8,14H,2-4,9-11H2,1H3,(H,20,23). The number of nitrogens with zero attached hydrogens (tertiary/aromatic N) is 2. The molecule has 8 heteroatoms. The minimum absolute atomic E-state index is 0.0129. The summed E-state index contributed by atoms with van der Waals surface area (Å²) in [6, 6.07) is 6.59. The van der Waals surface area contributed by atoms with Gasteiger partial charge >= 0.3 is 5.97 Å². The van der Waals surface area contributed by atoms with E-state index in [-0.39, 0.29) is 11.9 Å². The molecule has 2 aliphatic rings. The Morgan fingerprint density at radius 2 is 2.07 bits per heavy atom. The Kier molecular flexibility index (Phi) is 4.92. The van der Waals surface area contributed by atoms with Gasteiger partial charge in [-0.3, -0.25) is 9.48 Å². The third-order valence-electron chi connectivity index (χ3n) is 5.11. The van der Waals surface area contributed by atoms with Gasteiger partial charge in [0.2, 0.25) is 0 Å². The Morgan fingerprint density at radius 1 is 1.30 bits per heavy atom. The number of esters is 1. The van der Waals surface area contributed by atoms with Crippen LogP contribution in [0.15, 0.2) is 24.3 Å². The van der Waals surface area contributed by atoms with Crippen molar-refractivity contribution in [2.24, 2.45) is 0 Å². The molecule has 2 unspecified atom stereocenters. The molecule has 1 fully saturated rings. The summed E-state index contributed by atoms with van der Waals surface area (Å²) in [6.45, 7) is 0. The number of methoxy groups -OCH3 is 1. The molecule has 2 atom stereocenters. The third-order valence-corrected chi connectivity index (χ3v) is 6.56. The number of hydrogen-bond acceptors (Lipinski definition) is 5. The molecule has 1 amide bonds. The average molecular weight is 387 g/mol. The van der Waals surface area contributed by atoms with Crippen molar-refractivity contribution in [3.63, 3.8) is 0 Å². The summed E-state index contributed by atoms with van der Waals surface area (Å²) in [5.41, 5.74) is 3.61. The highest BCUT2D eigenvalue weighted by atomic mass is 32.2. The molecule has 27 heavy (non-hydrogen) atoms. The minimum atomic E-state index is -0.839. The number of carbonyl (C=O) groups excluding carboxylic acids is 2. The van der Waals surface area contributed by atoms with E-state index in [1.54, 1.807) is 28.9 Å². The molecule has 1 aliphatic heterocycles. The van der Waals surface area contributed by atoms with Crippen molar-refractivity contribution < 1.29 is 18.9 Å². The van der Waals surface area contributed by atoms with Crippen LogP contribution in [-0.2, 0) is 28.8 Å². The Hall–Kier alpha value is -2.32. The molecule has 0 bridgehead atoms. The highest BCUT2D eigenvalue weighted by molar-refractivity contribution is 7.91. The number of anilines is 1. The van der Waals surface area contributed by atoms with Crippen LogP contribution in [0.4, 0.5) is 5.69 Å². The molecule has 0 radical (unpaired) electrons. The first-order valence-corrected chi connectivity index (χ1v) is 10.5. The maximum absolute atomic E-state index is 13.0. The fourth-order valence-electron chi connectivity index (χ4n) is 3.76. The maximum Gasteiger partial charge on any atom is 0.337 e. The van der Waals surface area contributed by atoms with E-state index in [1.807, 2.05) is 0 Å². The molecule has 1 aromatic carbocycles. The zero-order valence-electron chi connectivity index (χ0n) is 15.1. The number of amides is 1. The monoisotopic (exact) mass is 387 g/mol. The van der Waals surface area contributed by atoms with Crippen LogP contribution < -0.4 is 5.32 Å². The number of aromatic nitrogens is 2. The normalized spacial score (nSPS) is 21.1. The van der Waals surface area contributed by atoms with Crippen LogP contribution in [0.5, 0.6) is 0 Å². The molecule has 142 valence electrons. The molecular formula is C19H21N3O4S. The van der Waals surface area contributed by atoms with Crippen molar-refractivity contribution in [3.05, 3.63) is 46.8 Å². The van der Waals surface area contributed by atoms with Gasteiger partial charge in [0.05, 0.1) is 18.4 Å². The minimum Gasteiger partial charge on any atom is -0.616 e. The van der Waals surface area contributed by atoms with E-state index in [2.05, 4.69) is 15.2 Å². The SMILES string of the molecule is COC(=O)c1ccc(NC(=O)c2c3c(nn2C2CC[S+]([O-])C2)CCC3)cc1. The van der Waals surface area contributed by atoms with Gasteiger partial charge in [0.25, 0.3) is 5.91 Å². The molecule has 4 rings (SSSR count). The maximum atomic E-state index is 13.0. The van der Waals surface area contributed by atoms with E-state index >= 15 is 0 Å². The van der Waals surface area contributed by atoms with Crippen LogP contribution in [0.3, 0.4) is 0 Å². The fraction of sp³-hybridized carbons (Fsp3) is 0.421. The van der Waals surface area contributed by atoms with E-state index in [0.29, 0.717) is 28.5 Å². The van der Waals surface area contributed by atoms with Crippen molar-refractivity contribution in [2.75, 3.05) is 23.9 Å². The first-order valence-electron chi connectivity index (χ1n) is 9.02. The average Bonchev–Trinajstić information content (AvgIpc) is 3.36.